The van der Waals surface area contributed by atoms with Gasteiger partial charge >= 0.3 is 0 Å². The third kappa shape index (κ3) is 1.96. The zero-order valence-electron chi connectivity index (χ0n) is 9.91. The van der Waals surface area contributed by atoms with Crippen LogP contribution in [0.3, 0.4) is 0 Å². The largest absolute Gasteiger partial charge is 0.318 e. The number of carbonyl (C=O) groups excluding carboxylic acids is 1. The van der Waals surface area contributed by atoms with Gasteiger partial charge < -0.3 is 4.90 Å². The second-order valence-electron chi connectivity index (χ2n) is 4.21. The summed E-state index contributed by atoms with van der Waals surface area (Å²) in [5.74, 6) is -0.197. The van der Waals surface area contributed by atoms with Crippen LogP contribution in [0.15, 0.2) is 12.1 Å². The molecule has 0 saturated carbocycles. The summed E-state index contributed by atoms with van der Waals surface area (Å²) in [5, 5.41) is 9.83. The maximum Gasteiger partial charge on any atom is 0.257 e. The second-order valence-corrected chi connectivity index (χ2v) is 4.99. The topological polar surface area (TPSA) is 44.1 Å². The molecule has 0 radical (unpaired) electrons. The first kappa shape index (κ1) is 13.2. The lowest BCUT2D eigenvalue weighted by molar-refractivity contribution is 0.0755. The van der Waals surface area contributed by atoms with Crippen molar-refractivity contribution in [2.45, 2.75) is 25.8 Å². The van der Waals surface area contributed by atoms with Crippen molar-refractivity contribution in [1.29, 1.82) is 5.26 Å². The standard InChI is InChI=1S/C13H12Cl2N2O/c1-2-3-6-17-10(7-16)8-4-5-9(14)12(15)11(8)13(17)18/h4-5,10H,2-3,6H2,1H3. The SMILES string of the molecule is CCCCN1C(=O)c2c(ccc(Cl)c2Cl)C1C#N. The lowest BCUT2D eigenvalue weighted by atomic mass is 10.1. The van der Waals surface area contributed by atoms with E-state index in [0.717, 1.165) is 12.8 Å². The molecule has 0 saturated heterocycles. The highest BCUT2D eigenvalue weighted by Gasteiger charge is 2.38. The fraction of sp³-hybridized carbons (Fsp3) is 0.385. The highest BCUT2D eigenvalue weighted by molar-refractivity contribution is 6.44. The summed E-state index contributed by atoms with van der Waals surface area (Å²) in [5.41, 5.74) is 1.04. The fourth-order valence-corrected chi connectivity index (χ4v) is 2.55. The average molecular weight is 283 g/mol. The number of amides is 1. The number of halogens is 2. The molecule has 1 aromatic rings. The van der Waals surface area contributed by atoms with E-state index in [4.69, 9.17) is 23.2 Å². The van der Waals surface area contributed by atoms with Crippen LogP contribution in [0.4, 0.5) is 0 Å². The molecule has 94 valence electrons. The maximum atomic E-state index is 12.3. The fourth-order valence-electron chi connectivity index (χ4n) is 2.14. The molecule has 0 spiro atoms. The zero-order chi connectivity index (χ0) is 13.3. The van der Waals surface area contributed by atoms with E-state index in [9.17, 15) is 10.1 Å². The van der Waals surface area contributed by atoms with Crippen LogP contribution in [0.5, 0.6) is 0 Å². The Labute approximate surface area is 116 Å². The smallest absolute Gasteiger partial charge is 0.257 e. The Kier molecular flexibility index (Phi) is 3.79. The molecule has 0 fully saturated rings. The summed E-state index contributed by atoms with van der Waals surface area (Å²) >= 11 is 12.0. The van der Waals surface area contributed by atoms with Gasteiger partial charge in [-0.05, 0) is 12.5 Å². The van der Waals surface area contributed by atoms with E-state index < -0.39 is 6.04 Å². The molecule has 1 atom stereocenters. The van der Waals surface area contributed by atoms with Crippen molar-refractivity contribution in [2.24, 2.45) is 0 Å². The van der Waals surface area contributed by atoms with Gasteiger partial charge in [-0.3, -0.25) is 4.79 Å². The van der Waals surface area contributed by atoms with Crippen LogP contribution in [0.2, 0.25) is 10.0 Å². The Bertz CT molecular complexity index is 537. The Morgan fingerprint density at radius 2 is 2.17 bits per heavy atom. The number of rotatable bonds is 3. The van der Waals surface area contributed by atoms with E-state index in [1.54, 1.807) is 17.0 Å². The third-order valence-corrected chi connectivity index (χ3v) is 3.89. The summed E-state index contributed by atoms with van der Waals surface area (Å²) in [6.07, 6.45) is 1.83. The van der Waals surface area contributed by atoms with Crippen molar-refractivity contribution < 1.29 is 4.79 Å². The minimum Gasteiger partial charge on any atom is -0.318 e. The molecule has 18 heavy (non-hydrogen) atoms. The van der Waals surface area contributed by atoms with Crippen LogP contribution >= 0.6 is 23.2 Å². The Morgan fingerprint density at radius 3 is 2.78 bits per heavy atom. The number of hydrogen-bond acceptors (Lipinski definition) is 2. The predicted molar refractivity (Wildman–Crippen MR) is 70.8 cm³/mol. The van der Waals surface area contributed by atoms with Crippen LogP contribution in [0.1, 0.15) is 41.7 Å². The van der Waals surface area contributed by atoms with Crippen molar-refractivity contribution >= 4 is 29.1 Å². The van der Waals surface area contributed by atoms with Crippen LogP contribution in [0, 0.1) is 11.3 Å². The number of nitrogens with zero attached hydrogens (tertiary/aromatic N) is 2. The average Bonchev–Trinajstić information content (AvgIpc) is 2.64. The van der Waals surface area contributed by atoms with Crippen LogP contribution in [-0.4, -0.2) is 17.4 Å². The molecule has 3 nitrogen and oxygen atoms in total. The number of unbranched alkanes of at least 4 members (excludes halogenated alkanes) is 1. The van der Waals surface area contributed by atoms with Crippen molar-refractivity contribution in [1.82, 2.24) is 4.90 Å². The maximum absolute atomic E-state index is 12.3. The molecule has 1 aliphatic rings. The number of carbonyl (C=O) groups is 1. The first-order chi connectivity index (χ1) is 8.61. The van der Waals surface area contributed by atoms with Crippen molar-refractivity contribution in [3.8, 4) is 6.07 Å². The number of nitriles is 1. The van der Waals surface area contributed by atoms with E-state index in [2.05, 4.69) is 6.07 Å². The van der Waals surface area contributed by atoms with Crippen molar-refractivity contribution in [2.75, 3.05) is 6.54 Å². The van der Waals surface area contributed by atoms with Gasteiger partial charge in [0.25, 0.3) is 5.91 Å². The van der Waals surface area contributed by atoms with Gasteiger partial charge in [-0.25, -0.2) is 0 Å². The molecule has 1 unspecified atom stereocenters. The first-order valence-corrected chi connectivity index (χ1v) is 6.55. The highest BCUT2D eigenvalue weighted by Crippen LogP contribution is 2.40. The summed E-state index contributed by atoms with van der Waals surface area (Å²) < 4.78 is 0. The number of benzene rings is 1. The minimum atomic E-state index is -0.547. The van der Waals surface area contributed by atoms with Gasteiger partial charge in [0.1, 0.15) is 6.04 Å². The molecule has 1 aromatic carbocycles. The second kappa shape index (κ2) is 5.17. The van der Waals surface area contributed by atoms with Crippen molar-refractivity contribution in [3.63, 3.8) is 0 Å². The van der Waals surface area contributed by atoms with Gasteiger partial charge in [-0.1, -0.05) is 42.6 Å². The van der Waals surface area contributed by atoms with Gasteiger partial charge in [0.05, 0.1) is 21.7 Å². The van der Waals surface area contributed by atoms with E-state index in [1.807, 2.05) is 6.92 Å². The molecule has 1 amide bonds. The Balaban J connectivity index is 2.46. The Hall–Kier alpha value is -1.24. The van der Waals surface area contributed by atoms with Gasteiger partial charge in [0.15, 0.2) is 0 Å². The van der Waals surface area contributed by atoms with Crippen LogP contribution < -0.4 is 0 Å². The quantitative estimate of drug-likeness (QED) is 0.846. The lowest BCUT2D eigenvalue weighted by Crippen LogP contribution is -2.28. The number of hydrogen-bond donors (Lipinski definition) is 0. The molecular weight excluding hydrogens is 271 g/mol. The predicted octanol–water partition coefficient (Wildman–Crippen LogP) is 3.81. The van der Waals surface area contributed by atoms with Gasteiger partial charge in [-0.2, -0.15) is 5.26 Å². The zero-order valence-corrected chi connectivity index (χ0v) is 11.4. The number of fused-ring (bicyclic) bond motifs is 1. The Morgan fingerprint density at radius 1 is 1.44 bits per heavy atom. The summed E-state index contributed by atoms with van der Waals surface area (Å²) in [4.78, 5) is 13.8. The van der Waals surface area contributed by atoms with E-state index in [1.165, 1.54) is 0 Å². The van der Waals surface area contributed by atoms with Crippen LogP contribution in [-0.2, 0) is 0 Å². The third-order valence-electron chi connectivity index (χ3n) is 3.08. The molecule has 1 aliphatic heterocycles. The molecule has 5 heteroatoms. The summed E-state index contributed by atoms with van der Waals surface area (Å²) in [6.45, 7) is 2.61. The van der Waals surface area contributed by atoms with Gasteiger partial charge in [0, 0.05) is 12.1 Å². The molecular formula is C13H12Cl2N2O. The van der Waals surface area contributed by atoms with Gasteiger partial charge in [0.2, 0.25) is 0 Å². The monoisotopic (exact) mass is 282 g/mol. The summed E-state index contributed by atoms with van der Waals surface area (Å²) in [7, 11) is 0. The molecule has 0 aliphatic carbocycles. The van der Waals surface area contributed by atoms with E-state index in [-0.39, 0.29) is 10.9 Å². The summed E-state index contributed by atoms with van der Waals surface area (Å²) in [6, 6.07) is 4.95. The van der Waals surface area contributed by atoms with Gasteiger partial charge in [-0.15, -0.1) is 0 Å². The lowest BCUT2D eigenvalue weighted by Gasteiger charge is -2.19. The van der Waals surface area contributed by atoms with E-state index in [0.29, 0.717) is 22.7 Å². The molecule has 1 heterocycles. The highest BCUT2D eigenvalue weighted by atomic mass is 35.5. The van der Waals surface area contributed by atoms with Crippen LogP contribution in [0.25, 0.3) is 0 Å². The van der Waals surface area contributed by atoms with E-state index >= 15 is 0 Å². The molecule has 0 bridgehead atoms. The van der Waals surface area contributed by atoms with Crippen molar-refractivity contribution in [3.05, 3.63) is 33.3 Å². The molecule has 0 aromatic heterocycles. The minimum absolute atomic E-state index is 0.197. The normalized spacial score (nSPS) is 17.8. The molecule has 2 rings (SSSR count). The first-order valence-electron chi connectivity index (χ1n) is 5.80. The molecule has 0 N–H and O–H groups in total.